The highest BCUT2D eigenvalue weighted by molar-refractivity contribution is 7.14. The summed E-state index contributed by atoms with van der Waals surface area (Å²) >= 11 is 1.54. The molecule has 1 unspecified atom stereocenters. The number of fused-ring (bicyclic) bond motifs is 2. The fourth-order valence-electron chi connectivity index (χ4n) is 3.63. The minimum absolute atomic E-state index is 0.198. The predicted octanol–water partition coefficient (Wildman–Crippen LogP) is 3.68. The van der Waals surface area contributed by atoms with Crippen LogP contribution < -0.4 is 10.9 Å². The van der Waals surface area contributed by atoms with E-state index in [-0.39, 0.29) is 11.8 Å². The minimum atomic E-state index is -0.234. The zero-order valence-electron chi connectivity index (χ0n) is 15.3. The van der Waals surface area contributed by atoms with E-state index in [2.05, 4.69) is 17.8 Å². The van der Waals surface area contributed by atoms with Crippen molar-refractivity contribution < 1.29 is 9.59 Å². The summed E-state index contributed by atoms with van der Waals surface area (Å²) in [6.07, 6.45) is 5.55. The van der Waals surface area contributed by atoms with Crippen molar-refractivity contribution in [1.29, 1.82) is 0 Å². The molecule has 5 nitrogen and oxygen atoms in total. The number of benzene rings is 1. The second-order valence-electron chi connectivity index (χ2n) is 7.23. The highest BCUT2D eigenvalue weighted by Gasteiger charge is 2.20. The third-order valence-electron chi connectivity index (χ3n) is 5.13. The maximum absolute atomic E-state index is 12.3. The molecule has 6 heteroatoms. The number of aryl methyl sites for hydroxylation is 2. The van der Waals surface area contributed by atoms with Gasteiger partial charge in [-0.05, 0) is 54.3 Å². The smallest absolute Gasteiger partial charge is 0.279 e. The molecule has 1 atom stereocenters. The standard InChI is InChI=1S/C21H23N3O2S/c1-14-6-7-18-16(12-14)13-19(27-18)21(26)23-22-20(25)9-11-24-10-8-15-4-2-3-5-17(15)24/h2-5,8,10,13-14H,6-7,9,11-12H2,1H3,(H,22,25)(H,23,26). The molecule has 2 heterocycles. The van der Waals surface area contributed by atoms with Crippen LogP contribution in [0.1, 0.15) is 39.9 Å². The lowest BCUT2D eigenvalue weighted by Gasteiger charge is -2.16. The van der Waals surface area contributed by atoms with Crippen molar-refractivity contribution >= 4 is 34.1 Å². The second kappa shape index (κ2) is 7.56. The summed E-state index contributed by atoms with van der Waals surface area (Å²) in [6.45, 7) is 2.81. The summed E-state index contributed by atoms with van der Waals surface area (Å²) in [7, 11) is 0. The number of carbonyl (C=O) groups is 2. The van der Waals surface area contributed by atoms with E-state index in [0.717, 1.165) is 23.7 Å². The Kier molecular flexibility index (Phi) is 4.99. The number of rotatable bonds is 4. The summed E-state index contributed by atoms with van der Waals surface area (Å²) < 4.78 is 2.05. The summed E-state index contributed by atoms with van der Waals surface area (Å²) in [4.78, 5) is 26.4. The molecular weight excluding hydrogens is 358 g/mol. The fourth-order valence-corrected chi connectivity index (χ4v) is 4.73. The van der Waals surface area contributed by atoms with Gasteiger partial charge in [-0.2, -0.15) is 0 Å². The van der Waals surface area contributed by atoms with Crippen molar-refractivity contribution in [3.8, 4) is 0 Å². The largest absolute Gasteiger partial charge is 0.347 e. The molecule has 0 saturated heterocycles. The molecule has 0 saturated carbocycles. The van der Waals surface area contributed by atoms with Crippen LogP contribution in [0, 0.1) is 5.92 Å². The third-order valence-corrected chi connectivity index (χ3v) is 6.36. The molecule has 3 aromatic rings. The van der Waals surface area contributed by atoms with E-state index < -0.39 is 0 Å². The Hall–Kier alpha value is -2.60. The fraction of sp³-hybridized carbons (Fsp3) is 0.333. The average molecular weight is 382 g/mol. The molecule has 1 aliphatic rings. The van der Waals surface area contributed by atoms with E-state index in [4.69, 9.17) is 0 Å². The van der Waals surface area contributed by atoms with E-state index in [1.54, 1.807) is 11.3 Å². The van der Waals surface area contributed by atoms with Gasteiger partial charge in [0.25, 0.3) is 5.91 Å². The minimum Gasteiger partial charge on any atom is -0.347 e. The van der Waals surface area contributed by atoms with Gasteiger partial charge < -0.3 is 4.57 Å². The highest BCUT2D eigenvalue weighted by atomic mass is 32.1. The number of thiophene rings is 1. The van der Waals surface area contributed by atoms with Gasteiger partial charge in [-0.15, -0.1) is 11.3 Å². The lowest BCUT2D eigenvalue weighted by molar-refractivity contribution is -0.122. The van der Waals surface area contributed by atoms with Crippen LogP contribution in [-0.4, -0.2) is 16.4 Å². The second-order valence-corrected chi connectivity index (χ2v) is 8.36. The quantitative estimate of drug-likeness (QED) is 0.677. The van der Waals surface area contributed by atoms with Gasteiger partial charge in [0.1, 0.15) is 0 Å². The maximum Gasteiger partial charge on any atom is 0.279 e. The number of hydrazine groups is 1. The number of carbonyl (C=O) groups excluding carboxylic acids is 2. The van der Waals surface area contributed by atoms with Crippen LogP contribution in [0.25, 0.3) is 10.9 Å². The highest BCUT2D eigenvalue weighted by Crippen LogP contribution is 2.32. The number of hydrogen-bond donors (Lipinski definition) is 2. The lowest BCUT2D eigenvalue weighted by atomic mass is 9.90. The number of hydrogen-bond acceptors (Lipinski definition) is 3. The monoisotopic (exact) mass is 381 g/mol. The van der Waals surface area contributed by atoms with Crippen molar-refractivity contribution in [2.45, 2.75) is 39.2 Å². The molecule has 1 aliphatic carbocycles. The molecule has 0 radical (unpaired) electrons. The Morgan fingerprint density at radius 3 is 2.96 bits per heavy atom. The van der Waals surface area contributed by atoms with E-state index in [9.17, 15) is 9.59 Å². The molecular formula is C21H23N3O2S. The number of nitrogens with one attached hydrogen (secondary N) is 2. The van der Waals surface area contributed by atoms with Gasteiger partial charge in [0.2, 0.25) is 5.91 Å². The van der Waals surface area contributed by atoms with Crippen LogP contribution in [0.5, 0.6) is 0 Å². The Balaban J connectivity index is 1.29. The van der Waals surface area contributed by atoms with Crippen molar-refractivity contribution in [1.82, 2.24) is 15.4 Å². The molecule has 2 N–H and O–H groups in total. The first-order chi connectivity index (χ1) is 13.1. The first kappa shape index (κ1) is 17.8. The summed E-state index contributed by atoms with van der Waals surface area (Å²) in [5.74, 6) is 0.241. The Morgan fingerprint density at radius 1 is 1.22 bits per heavy atom. The van der Waals surface area contributed by atoms with Gasteiger partial charge in [-0.25, -0.2) is 0 Å². The van der Waals surface area contributed by atoms with E-state index in [1.807, 2.05) is 47.2 Å². The molecule has 0 aliphatic heterocycles. The SMILES string of the molecule is CC1CCc2sc(C(=O)NNC(=O)CCn3ccc4ccccc43)cc2C1. The zero-order chi connectivity index (χ0) is 18.8. The van der Waals surface area contributed by atoms with E-state index in [0.29, 0.717) is 23.8 Å². The molecule has 2 aromatic heterocycles. The Labute approximate surface area is 162 Å². The van der Waals surface area contributed by atoms with Crippen LogP contribution in [-0.2, 0) is 24.2 Å². The number of amides is 2. The van der Waals surface area contributed by atoms with Crippen LogP contribution in [0.2, 0.25) is 0 Å². The summed E-state index contributed by atoms with van der Waals surface area (Å²) in [5, 5.41) is 1.15. The molecule has 27 heavy (non-hydrogen) atoms. The van der Waals surface area contributed by atoms with E-state index >= 15 is 0 Å². The number of para-hydroxylation sites is 1. The van der Waals surface area contributed by atoms with Gasteiger partial charge in [0, 0.05) is 29.6 Å². The van der Waals surface area contributed by atoms with E-state index in [1.165, 1.54) is 16.9 Å². The van der Waals surface area contributed by atoms with Crippen LogP contribution in [0.15, 0.2) is 42.6 Å². The van der Waals surface area contributed by atoms with Crippen molar-refractivity contribution in [2.24, 2.45) is 5.92 Å². The van der Waals surface area contributed by atoms with Crippen molar-refractivity contribution in [2.75, 3.05) is 0 Å². The first-order valence-electron chi connectivity index (χ1n) is 9.35. The molecule has 1 aromatic carbocycles. The predicted molar refractivity (Wildman–Crippen MR) is 108 cm³/mol. The Morgan fingerprint density at radius 2 is 2.07 bits per heavy atom. The molecule has 0 fully saturated rings. The Bertz CT molecular complexity index is 988. The maximum atomic E-state index is 12.3. The summed E-state index contributed by atoms with van der Waals surface area (Å²) in [5.41, 5.74) is 7.48. The molecule has 140 valence electrons. The first-order valence-corrected chi connectivity index (χ1v) is 10.2. The van der Waals surface area contributed by atoms with Gasteiger partial charge in [0.05, 0.1) is 4.88 Å². The topological polar surface area (TPSA) is 63.1 Å². The van der Waals surface area contributed by atoms with Gasteiger partial charge in [-0.3, -0.25) is 20.4 Å². The zero-order valence-corrected chi connectivity index (χ0v) is 16.1. The normalized spacial score (nSPS) is 16.1. The van der Waals surface area contributed by atoms with Crippen molar-refractivity contribution in [3.05, 3.63) is 57.9 Å². The van der Waals surface area contributed by atoms with Crippen LogP contribution >= 0.6 is 11.3 Å². The third kappa shape index (κ3) is 3.90. The van der Waals surface area contributed by atoms with Gasteiger partial charge in [0.15, 0.2) is 0 Å². The summed E-state index contributed by atoms with van der Waals surface area (Å²) in [6, 6.07) is 12.1. The van der Waals surface area contributed by atoms with Crippen molar-refractivity contribution in [3.63, 3.8) is 0 Å². The average Bonchev–Trinajstić information content (AvgIpc) is 3.28. The van der Waals surface area contributed by atoms with Gasteiger partial charge in [-0.1, -0.05) is 25.1 Å². The van der Waals surface area contributed by atoms with Crippen LogP contribution in [0.3, 0.4) is 0 Å². The lowest BCUT2D eigenvalue weighted by Crippen LogP contribution is -2.41. The molecule has 0 spiro atoms. The number of aromatic nitrogens is 1. The number of nitrogens with zero attached hydrogens (tertiary/aromatic N) is 1. The van der Waals surface area contributed by atoms with Gasteiger partial charge >= 0.3 is 0 Å². The molecule has 2 amide bonds. The molecule has 4 rings (SSSR count). The van der Waals surface area contributed by atoms with Crippen LogP contribution in [0.4, 0.5) is 0 Å². The molecule has 0 bridgehead atoms.